The Morgan fingerprint density at radius 3 is 3.09 bits per heavy atom. The average molecular weight is 158 g/mol. The van der Waals surface area contributed by atoms with E-state index in [2.05, 4.69) is 5.10 Å². The van der Waals surface area contributed by atoms with Crippen LogP contribution in [0.1, 0.15) is 5.69 Å². The second-order valence-corrected chi connectivity index (χ2v) is 2.21. The van der Waals surface area contributed by atoms with Crippen LogP contribution in [0.2, 0.25) is 0 Å². The molecule has 4 heteroatoms. The van der Waals surface area contributed by atoms with Crippen molar-refractivity contribution in [1.82, 2.24) is 9.78 Å². The number of hydrogen-bond acceptors (Lipinski definition) is 2. The third-order valence-corrected chi connectivity index (χ3v) is 1.47. The van der Waals surface area contributed by atoms with Gasteiger partial charge in [0.1, 0.15) is 6.67 Å². The first-order chi connectivity index (χ1) is 5.38. The average Bonchev–Trinajstić information content (AvgIpc) is 2.39. The lowest BCUT2D eigenvalue weighted by Gasteiger charge is -2.01. The van der Waals surface area contributed by atoms with Gasteiger partial charge in [0.05, 0.1) is 6.54 Å². The molecule has 0 fully saturated rings. The predicted molar refractivity (Wildman–Crippen MR) is 39.0 cm³/mol. The molecule has 0 aliphatic heterocycles. The van der Waals surface area contributed by atoms with Gasteiger partial charge in [-0.3, -0.25) is 4.68 Å². The number of nitrogens with zero attached hydrogens (tertiary/aromatic N) is 2. The van der Waals surface area contributed by atoms with Crippen molar-refractivity contribution >= 4 is 0 Å². The lowest BCUT2D eigenvalue weighted by molar-refractivity contribution is 0.294. The molecule has 3 nitrogen and oxygen atoms in total. The van der Waals surface area contributed by atoms with Crippen LogP contribution in [0.3, 0.4) is 0 Å². The number of hydrogen-bond donors (Lipinski definition) is 1. The van der Waals surface area contributed by atoms with E-state index in [4.69, 9.17) is 5.11 Å². The fourth-order valence-corrected chi connectivity index (χ4v) is 0.968. The minimum absolute atomic E-state index is 0.0813. The summed E-state index contributed by atoms with van der Waals surface area (Å²) in [5, 5.41) is 12.5. The Labute approximate surface area is 64.5 Å². The monoisotopic (exact) mass is 158 g/mol. The van der Waals surface area contributed by atoms with Gasteiger partial charge in [-0.1, -0.05) is 0 Å². The third kappa shape index (κ3) is 2.01. The summed E-state index contributed by atoms with van der Waals surface area (Å²) in [6.45, 7) is -0.0551. The summed E-state index contributed by atoms with van der Waals surface area (Å²) in [5.74, 6) is 0. The molecule has 62 valence electrons. The minimum Gasteiger partial charge on any atom is -0.396 e. The summed E-state index contributed by atoms with van der Waals surface area (Å²) in [7, 11) is 0. The summed E-state index contributed by atoms with van der Waals surface area (Å²) >= 11 is 0. The Morgan fingerprint density at radius 1 is 1.64 bits per heavy atom. The molecule has 1 rings (SSSR count). The first kappa shape index (κ1) is 8.20. The number of aryl methyl sites for hydroxylation is 1. The van der Waals surface area contributed by atoms with E-state index in [1.165, 1.54) is 0 Å². The predicted octanol–water partition coefficient (Wildman–Crippen LogP) is 0.387. The number of aromatic nitrogens is 2. The van der Waals surface area contributed by atoms with Crippen LogP contribution in [-0.2, 0) is 13.0 Å². The van der Waals surface area contributed by atoms with Crippen LogP contribution in [0.25, 0.3) is 0 Å². The van der Waals surface area contributed by atoms with E-state index in [0.717, 1.165) is 5.69 Å². The second kappa shape index (κ2) is 4.08. The van der Waals surface area contributed by atoms with Gasteiger partial charge in [-0.15, -0.1) is 0 Å². The number of aliphatic hydroxyl groups is 1. The van der Waals surface area contributed by atoms with Crippen molar-refractivity contribution in [3.05, 3.63) is 18.0 Å². The molecule has 0 saturated heterocycles. The lowest BCUT2D eigenvalue weighted by atomic mass is 10.3. The Balaban J connectivity index is 2.62. The van der Waals surface area contributed by atoms with Crippen LogP contribution in [0.15, 0.2) is 12.3 Å². The number of alkyl halides is 1. The molecule has 0 amide bonds. The van der Waals surface area contributed by atoms with Crippen molar-refractivity contribution in [2.45, 2.75) is 13.0 Å². The highest BCUT2D eigenvalue weighted by Crippen LogP contribution is 1.99. The van der Waals surface area contributed by atoms with Gasteiger partial charge in [-0.2, -0.15) is 5.10 Å². The topological polar surface area (TPSA) is 38.1 Å². The molecule has 0 aliphatic carbocycles. The van der Waals surface area contributed by atoms with Crippen LogP contribution >= 0.6 is 0 Å². The summed E-state index contributed by atoms with van der Waals surface area (Å²) in [6, 6.07) is 1.78. The SMILES string of the molecule is OCCc1ccnn1CCF. The van der Waals surface area contributed by atoms with E-state index in [1.807, 2.05) is 0 Å². The highest BCUT2D eigenvalue weighted by Gasteiger charge is 1.99. The minimum atomic E-state index is -0.417. The highest BCUT2D eigenvalue weighted by atomic mass is 19.1. The van der Waals surface area contributed by atoms with Gasteiger partial charge in [-0.05, 0) is 6.07 Å². The van der Waals surface area contributed by atoms with Crippen LogP contribution in [0.5, 0.6) is 0 Å². The van der Waals surface area contributed by atoms with Crippen molar-refractivity contribution in [2.24, 2.45) is 0 Å². The van der Waals surface area contributed by atoms with Crippen molar-refractivity contribution in [2.75, 3.05) is 13.3 Å². The van der Waals surface area contributed by atoms with Crippen molar-refractivity contribution in [3.63, 3.8) is 0 Å². The van der Waals surface area contributed by atoms with Crippen molar-refractivity contribution in [3.8, 4) is 0 Å². The van der Waals surface area contributed by atoms with Gasteiger partial charge in [0.25, 0.3) is 0 Å². The Kier molecular flexibility index (Phi) is 3.04. The first-order valence-electron chi connectivity index (χ1n) is 3.56. The Hall–Kier alpha value is -0.900. The maximum absolute atomic E-state index is 11.9. The lowest BCUT2D eigenvalue weighted by Crippen LogP contribution is -2.07. The molecule has 0 saturated carbocycles. The molecule has 0 radical (unpaired) electrons. The maximum Gasteiger partial charge on any atom is 0.109 e. The summed E-state index contributed by atoms with van der Waals surface area (Å²) in [4.78, 5) is 0. The second-order valence-electron chi connectivity index (χ2n) is 2.21. The molecule has 0 unspecified atom stereocenters. The zero-order valence-electron chi connectivity index (χ0n) is 6.20. The number of halogens is 1. The van der Waals surface area contributed by atoms with Crippen LogP contribution < -0.4 is 0 Å². The molecule has 0 bridgehead atoms. The molecule has 1 aromatic rings. The van der Waals surface area contributed by atoms with Gasteiger partial charge >= 0.3 is 0 Å². The largest absolute Gasteiger partial charge is 0.396 e. The molecular formula is C7H11FN2O. The van der Waals surface area contributed by atoms with Gasteiger partial charge in [0.15, 0.2) is 0 Å². The molecule has 0 aromatic carbocycles. The number of rotatable bonds is 4. The normalized spacial score (nSPS) is 10.4. The van der Waals surface area contributed by atoms with E-state index in [-0.39, 0.29) is 13.2 Å². The van der Waals surface area contributed by atoms with E-state index in [1.54, 1.807) is 16.9 Å². The van der Waals surface area contributed by atoms with Gasteiger partial charge < -0.3 is 5.11 Å². The molecule has 0 aliphatic rings. The molecule has 0 spiro atoms. The molecule has 1 aromatic heterocycles. The van der Waals surface area contributed by atoms with Gasteiger partial charge in [-0.25, -0.2) is 4.39 Å². The fourth-order valence-electron chi connectivity index (χ4n) is 0.968. The van der Waals surface area contributed by atoms with Crippen molar-refractivity contribution in [1.29, 1.82) is 0 Å². The summed E-state index contributed by atoms with van der Waals surface area (Å²) in [5.41, 5.74) is 0.880. The Bertz CT molecular complexity index is 191. The molecular weight excluding hydrogens is 147 g/mol. The van der Waals surface area contributed by atoms with E-state index in [0.29, 0.717) is 6.42 Å². The molecule has 1 N–H and O–H groups in total. The summed E-state index contributed by atoms with van der Waals surface area (Å²) < 4.78 is 13.4. The Morgan fingerprint density at radius 2 is 2.45 bits per heavy atom. The van der Waals surface area contributed by atoms with Crippen LogP contribution in [0.4, 0.5) is 4.39 Å². The van der Waals surface area contributed by atoms with E-state index < -0.39 is 6.67 Å². The number of aliphatic hydroxyl groups excluding tert-OH is 1. The van der Waals surface area contributed by atoms with Gasteiger partial charge in [0, 0.05) is 24.9 Å². The van der Waals surface area contributed by atoms with Gasteiger partial charge in [0.2, 0.25) is 0 Å². The molecule has 0 atom stereocenters. The summed E-state index contributed by atoms with van der Waals surface area (Å²) in [6.07, 6.45) is 2.15. The fraction of sp³-hybridized carbons (Fsp3) is 0.571. The maximum atomic E-state index is 11.9. The molecule has 11 heavy (non-hydrogen) atoms. The van der Waals surface area contributed by atoms with Crippen LogP contribution in [-0.4, -0.2) is 28.2 Å². The van der Waals surface area contributed by atoms with E-state index >= 15 is 0 Å². The van der Waals surface area contributed by atoms with E-state index in [9.17, 15) is 4.39 Å². The zero-order chi connectivity index (χ0) is 8.10. The van der Waals surface area contributed by atoms with Crippen LogP contribution in [0, 0.1) is 0 Å². The van der Waals surface area contributed by atoms with Crippen molar-refractivity contribution < 1.29 is 9.50 Å². The zero-order valence-corrected chi connectivity index (χ0v) is 6.20. The molecule has 1 heterocycles. The standard InChI is InChI=1S/C7H11FN2O/c8-3-5-10-7(2-6-11)1-4-9-10/h1,4,11H,2-3,5-6H2. The highest BCUT2D eigenvalue weighted by molar-refractivity contribution is 5.00. The smallest absolute Gasteiger partial charge is 0.109 e. The quantitative estimate of drug-likeness (QED) is 0.688. The third-order valence-electron chi connectivity index (χ3n) is 1.47. The first-order valence-corrected chi connectivity index (χ1v) is 3.56.